The van der Waals surface area contributed by atoms with Crippen molar-refractivity contribution in [2.24, 2.45) is 5.92 Å². The molecule has 1 aliphatic heterocycles. The SMILES string of the molecule is Nc1cc(C(F)(F)F)c(=O)[nH]n1.O=C(C1CCCCC1)N1CCN(c2ncc(C(F)(F)F)cn2)CC1. The van der Waals surface area contributed by atoms with E-state index in [2.05, 4.69) is 15.1 Å². The fraction of sp³-hybridized carbons (Fsp3) is 0.571. The molecule has 0 bridgehead atoms. The number of nitrogens with two attached hydrogens (primary N) is 1. The molecule has 0 radical (unpaired) electrons. The van der Waals surface area contributed by atoms with Gasteiger partial charge in [-0.1, -0.05) is 19.3 Å². The third-order valence-corrected chi connectivity index (χ3v) is 5.92. The van der Waals surface area contributed by atoms with Crippen molar-refractivity contribution in [2.45, 2.75) is 44.5 Å². The summed E-state index contributed by atoms with van der Waals surface area (Å²) in [4.78, 5) is 34.4. The van der Waals surface area contributed by atoms with E-state index in [-0.39, 0.29) is 23.6 Å². The Kier molecular flexibility index (Phi) is 8.40. The molecule has 36 heavy (non-hydrogen) atoms. The number of carbonyl (C=O) groups excluding carboxylic acids is 1. The highest BCUT2D eigenvalue weighted by molar-refractivity contribution is 5.79. The van der Waals surface area contributed by atoms with Crippen LogP contribution in [0.3, 0.4) is 0 Å². The van der Waals surface area contributed by atoms with Crippen LogP contribution >= 0.6 is 0 Å². The lowest BCUT2D eigenvalue weighted by molar-refractivity contribution is -0.139. The molecule has 198 valence electrons. The third kappa shape index (κ3) is 7.07. The molecule has 0 atom stereocenters. The molecule has 1 aliphatic carbocycles. The van der Waals surface area contributed by atoms with Crippen LogP contribution < -0.4 is 16.2 Å². The number of aromatic amines is 1. The van der Waals surface area contributed by atoms with E-state index >= 15 is 0 Å². The van der Waals surface area contributed by atoms with Crippen LogP contribution in [-0.4, -0.2) is 57.2 Å². The minimum Gasteiger partial charge on any atom is -0.382 e. The molecular formula is C21H25F6N7O2. The number of H-pyrrole nitrogens is 1. The van der Waals surface area contributed by atoms with Gasteiger partial charge in [-0.3, -0.25) is 9.59 Å². The van der Waals surface area contributed by atoms with E-state index in [9.17, 15) is 35.9 Å². The Bertz CT molecular complexity index is 1070. The summed E-state index contributed by atoms with van der Waals surface area (Å²) in [7, 11) is 0. The fourth-order valence-corrected chi connectivity index (χ4v) is 4.00. The summed E-state index contributed by atoms with van der Waals surface area (Å²) in [5.74, 6) is 0.282. The number of alkyl halides is 6. The van der Waals surface area contributed by atoms with Gasteiger partial charge >= 0.3 is 12.4 Å². The monoisotopic (exact) mass is 521 g/mol. The van der Waals surface area contributed by atoms with E-state index in [0.717, 1.165) is 38.1 Å². The number of carbonyl (C=O) groups is 1. The van der Waals surface area contributed by atoms with Crippen molar-refractivity contribution in [1.82, 2.24) is 25.1 Å². The van der Waals surface area contributed by atoms with Gasteiger partial charge in [0.2, 0.25) is 11.9 Å². The number of rotatable bonds is 2. The summed E-state index contributed by atoms with van der Waals surface area (Å²) in [6.45, 7) is 2.23. The average molecular weight is 521 g/mol. The Morgan fingerprint density at radius 2 is 1.53 bits per heavy atom. The molecular weight excluding hydrogens is 496 g/mol. The van der Waals surface area contributed by atoms with Crippen LogP contribution in [-0.2, 0) is 17.1 Å². The molecule has 0 unspecified atom stereocenters. The van der Waals surface area contributed by atoms with Crippen LogP contribution in [0.25, 0.3) is 0 Å². The summed E-state index contributed by atoms with van der Waals surface area (Å²) in [5.41, 5.74) is 1.46. The number of nitrogen functional groups attached to an aromatic ring is 1. The van der Waals surface area contributed by atoms with Gasteiger partial charge in [0.05, 0.1) is 5.56 Å². The molecule has 9 nitrogen and oxygen atoms in total. The molecule has 0 spiro atoms. The predicted octanol–water partition coefficient (Wildman–Crippen LogP) is 3.10. The molecule has 1 amide bonds. The van der Waals surface area contributed by atoms with Gasteiger partial charge in [0.25, 0.3) is 5.56 Å². The second kappa shape index (κ2) is 11.1. The second-order valence-electron chi connectivity index (χ2n) is 8.45. The highest BCUT2D eigenvalue weighted by atomic mass is 19.4. The molecule has 3 heterocycles. The van der Waals surface area contributed by atoms with Gasteiger partial charge in [-0.15, -0.1) is 0 Å². The predicted molar refractivity (Wildman–Crippen MR) is 117 cm³/mol. The van der Waals surface area contributed by atoms with Crippen molar-refractivity contribution < 1.29 is 31.1 Å². The molecule has 15 heteroatoms. The first-order valence-electron chi connectivity index (χ1n) is 11.2. The maximum Gasteiger partial charge on any atom is 0.421 e. The third-order valence-electron chi connectivity index (χ3n) is 5.92. The summed E-state index contributed by atoms with van der Waals surface area (Å²) in [6.07, 6.45) is -2.10. The van der Waals surface area contributed by atoms with E-state index in [1.165, 1.54) is 6.42 Å². The Balaban J connectivity index is 0.000000253. The highest BCUT2D eigenvalue weighted by Crippen LogP contribution is 2.29. The van der Waals surface area contributed by atoms with Crippen LogP contribution in [0.4, 0.5) is 38.1 Å². The maximum absolute atomic E-state index is 12.5. The van der Waals surface area contributed by atoms with Gasteiger partial charge in [-0.25, -0.2) is 15.1 Å². The number of hydrogen-bond donors (Lipinski definition) is 2. The summed E-state index contributed by atoms with van der Waals surface area (Å²) < 4.78 is 73.4. The lowest BCUT2D eigenvalue weighted by Crippen LogP contribution is -2.51. The quantitative estimate of drug-likeness (QED) is 0.583. The molecule has 4 rings (SSSR count). The standard InChI is InChI=1S/C16H21F3N4O.C5H4F3N3O/c17-16(18,19)13-10-20-15(21-11-13)23-8-6-22(7-9-23)14(24)12-4-2-1-3-5-12;6-5(7,8)2-1-3(9)10-11-4(2)12/h10-12H,1-9H2;1H,(H2,9,10)(H,11,12). The molecule has 0 aromatic carbocycles. The smallest absolute Gasteiger partial charge is 0.382 e. The minimum absolute atomic E-state index is 0.146. The zero-order chi connectivity index (χ0) is 26.5. The number of hydrogen-bond acceptors (Lipinski definition) is 7. The average Bonchev–Trinajstić information content (AvgIpc) is 2.85. The van der Waals surface area contributed by atoms with Crippen LogP contribution in [0, 0.1) is 5.92 Å². The van der Waals surface area contributed by atoms with E-state index in [4.69, 9.17) is 5.73 Å². The number of nitrogens with one attached hydrogen (secondary N) is 1. The van der Waals surface area contributed by atoms with Gasteiger partial charge in [-0.2, -0.15) is 31.4 Å². The van der Waals surface area contributed by atoms with Gasteiger partial charge in [0, 0.05) is 44.5 Å². The number of amides is 1. The van der Waals surface area contributed by atoms with Crippen LogP contribution in [0.2, 0.25) is 0 Å². The van der Waals surface area contributed by atoms with Crippen LogP contribution in [0.1, 0.15) is 43.2 Å². The second-order valence-corrected chi connectivity index (χ2v) is 8.45. The molecule has 2 aromatic heterocycles. The topological polar surface area (TPSA) is 121 Å². The Hall–Kier alpha value is -3.39. The largest absolute Gasteiger partial charge is 0.421 e. The Morgan fingerprint density at radius 1 is 0.944 bits per heavy atom. The number of aromatic nitrogens is 4. The number of piperazine rings is 1. The lowest BCUT2D eigenvalue weighted by Gasteiger charge is -2.37. The summed E-state index contributed by atoms with van der Waals surface area (Å²) in [5, 5.41) is 4.72. The van der Waals surface area contributed by atoms with Crippen LogP contribution in [0.5, 0.6) is 0 Å². The van der Waals surface area contributed by atoms with E-state index in [0.29, 0.717) is 32.2 Å². The van der Waals surface area contributed by atoms with Crippen molar-refractivity contribution in [3.8, 4) is 0 Å². The Labute approximate surface area is 201 Å². The zero-order valence-electron chi connectivity index (χ0n) is 19.1. The van der Waals surface area contributed by atoms with E-state index in [1.54, 1.807) is 5.10 Å². The normalized spacial score (nSPS) is 17.4. The molecule has 2 aliphatic rings. The maximum atomic E-state index is 12.5. The Morgan fingerprint density at radius 3 is 2.03 bits per heavy atom. The zero-order valence-corrected chi connectivity index (χ0v) is 19.1. The van der Waals surface area contributed by atoms with E-state index < -0.39 is 29.0 Å². The first kappa shape index (κ1) is 27.2. The molecule has 2 fully saturated rings. The van der Waals surface area contributed by atoms with Crippen LogP contribution in [0.15, 0.2) is 23.3 Å². The first-order chi connectivity index (χ1) is 16.9. The van der Waals surface area contributed by atoms with Crippen molar-refractivity contribution in [3.63, 3.8) is 0 Å². The summed E-state index contributed by atoms with van der Waals surface area (Å²) >= 11 is 0. The fourth-order valence-electron chi connectivity index (χ4n) is 4.00. The van der Waals surface area contributed by atoms with Gasteiger partial charge < -0.3 is 15.5 Å². The molecule has 1 saturated carbocycles. The molecule has 2 aromatic rings. The molecule has 1 saturated heterocycles. The van der Waals surface area contributed by atoms with Crippen molar-refractivity contribution >= 4 is 17.7 Å². The van der Waals surface area contributed by atoms with E-state index in [1.807, 2.05) is 9.80 Å². The number of halogens is 6. The van der Waals surface area contributed by atoms with Crippen molar-refractivity contribution in [1.29, 1.82) is 0 Å². The van der Waals surface area contributed by atoms with Crippen molar-refractivity contribution in [2.75, 3.05) is 36.8 Å². The molecule has 3 N–H and O–H groups in total. The van der Waals surface area contributed by atoms with Gasteiger partial charge in [0.1, 0.15) is 11.4 Å². The lowest BCUT2D eigenvalue weighted by atomic mass is 9.88. The minimum atomic E-state index is -4.69. The number of nitrogens with zero attached hydrogens (tertiary/aromatic N) is 5. The van der Waals surface area contributed by atoms with Gasteiger partial charge in [0.15, 0.2) is 0 Å². The van der Waals surface area contributed by atoms with Crippen molar-refractivity contribution in [3.05, 3.63) is 39.9 Å². The number of anilines is 2. The highest BCUT2D eigenvalue weighted by Gasteiger charge is 2.34. The van der Waals surface area contributed by atoms with Gasteiger partial charge in [-0.05, 0) is 18.9 Å². The summed E-state index contributed by atoms with van der Waals surface area (Å²) in [6, 6.07) is 0.485. The first-order valence-corrected chi connectivity index (χ1v) is 11.2.